The Morgan fingerprint density at radius 2 is 1.53 bits per heavy atom. The van der Waals surface area contributed by atoms with Crippen LogP contribution in [0.15, 0.2) is 97.7 Å². The van der Waals surface area contributed by atoms with Crippen molar-refractivity contribution in [2.45, 2.75) is 106 Å². The van der Waals surface area contributed by atoms with E-state index in [1.165, 1.54) is 5.56 Å². The van der Waals surface area contributed by atoms with Crippen molar-refractivity contribution in [1.29, 1.82) is 0 Å². The third kappa shape index (κ3) is 11.2. The van der Waals surface area contributed by atoms with E-state index in [9.17, 15) is 9.59 Å². The van der Waals surface area contributed by atoms with Crippen LogP contribution in [0.25, 0.3) is 0 Å². The molecule has 64 heavy (non-hydrogen) atoms. The van der Waals surface area contributed by atoms with E-state index in [1.807, 2.05) is 80.3 Å². The van der Waals surface area contributed by atoms with Crippen LogP contribution >= 0.6 is 0 Å². The molecule has 1 aromatic heterocycles. The average Bonchev–Trinajstić information content (AvgIpc) is 3.71. The van der Waals surface area contributed by atoms with Crippen LogP contribution in [0.1, 0.15) is 113 Å². The first-order valence-corrected chi connectivity index (χ1v) is 22.4. The number of benzene rings is 4. The summed E-state index contributed by atoms with van der Waals surface area (Å²) in [4.78, 5) is 36.5. The number of aryl methyl sites for hydroxylation is 5. The highest BCUT2D eigenvalue weighted by Gasteiger charge is 2.29. The predicted molar refractivity (Wildman–Crippen MR) is 257 cm³/mol. The molecule has 4 aromatic carbocycles. The Morgan fingerprint density at radius 1 is 0.844 bits per heavy atom. The molecule has 1 aliphatic rings. The van der Waals surface area contributed by atoms with Crippen molar-refractivity contribution in [1.82, 2.24) is 4.98 Å². The molecule has 2 amide bonds. The van der Waals surface area contributed by atoms with E-state index < -0.39 is 5.72 Å². The maximum Gasteiger partial charge on any atom is 0.262 e. The Morgan fingerprint density at radius 3 is 2.25 bits per heavy atom. The molecule has 10 nitrogen and oxygen atoms in total. The fourth-order valence-electron chi connectivity index (χ4n) is 8.66. The number of fused-ring (bicyclic) bond motifs is 1. The summed E-state index contributed by atoms with van der Waals surface area (Å²) in [7, 11) is 3.22. The lowest BCUT2D eigenvalue weighted by Gasteiger charge is -2.32. The zero-order valence-corrected chi connectivity index (χ0v) is 39.3. The first kappa shape index (κ1) is 47.5. The summed E-state index contributed by atoms with van der Waals surface area (Å²) >= 11 is 0. The summed E-state index contributed by atoms with van der Waals surface area (Å²) < 4.78 is 24.5. The topological polar surface area (TPSA) is 116 Å². The number of rotatable bonds is 20. The summed E-state index contributed by atoms with van der Waals surface area (Å²) in [6, 6.07) is 27.7. The van der Waals surface area contributed by atoms with E-state index >= 15 is 0 Å². The van der Waals surface area contributed by atoms with Crippen LogP contribution in [0.5, 0.6) is 17.2 Å². The molecule has 0 saturated carbocycles. The van der Waals surface area contributed by atoms with Crippen molar-refractivity contribution in [3.05, 3.63) is 154 Å². The molecule has 6 rings (SSSR count). The van der Waals surface area contributed by atoms with Gasteiger partial charge in [-0.05, 0) is 141 Å². The van der Waals surface area contributed by atoms with E-state index in [-0.39, 0.29) is 23.8 Å². The molecule has 0 bridgehead atoms. The largest absolute Gasteiger partial charge is 0.496 e. The number of methoxy groups -OCH3 is 2. The number of para-hydroxylation sites is 2. The van der Waals surface area contributed by atoms with Gasteiger partial charge in [-0.15, -0.1) is 0 Å². The monoisotopic (exact) mass is 866 g/mol. The summed E-state index contributed by atoms with van der Waals surface area (Å²) in [5.41, 5.74) is 16.1. The zero-order chi connectivity index (χ0) is 46.2. The summed E-state index contributed by atoms with van der Waals surface area (Å²) in [5, 5.41) is 0. The van der Waals surface area contributed by atoms with Gasteiger partial charge >= 0.3 is 0 Å². The van der Waals surface area contributed by atoms with Crippen LogP contribution < -0.4 is 29.7 Å². The number of nitrogens with zero attached hydrogens (tertiary/aromatic N) is 3. The number of anilines is 2. The molecule has 1 aliphatic heterocycles. The highest BCUT2D eigenvalue weighted by Crippen LogP contribution is 2.35. The maximum atomic E-state index is 14.0. The van der Waals surface area contributed by atoms with E-state index in [0.29, 0.717) is 54.4 Å². The lowest BCUT2D eigenvalue weighted by atomic mass is 9.86. The Bertz CT molecular complexity index is 2470. The summed E-state index contributed by atoms with van der Waals surface area (Å²) in [6.07, 6.45) is 6.86. The average molecular weight is 867 g/mol. The molecule has 2 heterocycles. The van der Waals surface area contributed by atoms with Gasteiger partial charge in [-0.1, -0.05) is 83.2 Å². The molecule has 1 atom stereocenters. The Labute approximate surface area is 380 Å². The predicted octanol–water partition coefficient (Wildman–Crippen LogP) is 10.7. The van der Waals surface area contributed by atoms with Crippen molar-refractivity contribution < 1.29 is 28.5 Å². The second-order valence-corrected chi connectivity index (χ2v) is 17.9. The van der Waals surface area contributed by atoms with Gasteiger partial charge in [-0.2, -0.15) is 0 Å². The van der Waals surface area contributed by atoms with E-state index in [4.69, 9.17) is 29.7 Å². The van der Waals surface area contributed by atoms with Crippen molar-refractivity contribution in [2.75, 3.05) is 37.2 Å². The van der Waals surface area contributed by atoms with Crippen LogP contribution in [-0.2, 0) is 43.4 Å². The first-order valence-electron chi connectivity index (χ1n) is 22.4. The van der Waals surface area contributed by atoms with E-state index in [1.54, 1.807) is 31.4 Å². The minimum absolute atomic E-state index is 0.0212. The molecular formula is C54H66N4O6. The van der Waals surface area contributed by atoms with Crippen LogP contribution in [0, 0.1) is 19.3 Å². The minimum Gasteiger partial charge on any atom is -0.496 e. The molecule has 0 fully saturated rings. The van der Waals surface area contributed by atoms with Gasteiger partial charge in [-0.25, -0.2) is 0 Å². The molecule has 0 saturated heterocycles. The molecule has 0 spiro atoms. The Balaban J connectivity index is 1.26. The summed E-state index contributed by atoms with van der Waals surface area (Å²) in [5.74, 6) is 1.38. The first-order chi connectivity index (χ1) is 30.6. The molecule has 338 valence electrons. The van der Waals surface area contributed by atoms with Crippen molar-refractivity contribution in [2.24, 2.45) is 11.1 Å². The molecule has 2 N–H and O–H groups in total. The molecular weight excluding hydrogens is 801 g/mol. The quantitative estimate of drug-likeness (QED) is 0.0769. The number of aromatic nitrogens is 1. The lowest BCUT2D eigenvalue weighted by Crippen LogP contribution is -2.42. The van der Waals surface area contributed by atoms with Crippen molar-refractivity contribution in [3.8, 4) is 17.2 Å². The molecule has 0 radical (unpaired) electrons. The van der Waals surface area contributed by atoms with Crippen LogP contribution in [0.3, 0.4) is 0 Å². The lowest BCUT2D eigenvalue weighted by molar-refractivity contribution is -0.0674. The van der Waals surface area contributed by atoms with Gasteiger partial charge in [0.25, 0.3) is 11.8 Å². The van der Waals surface area contributed by atoms with E-state index in [2.05, 4.69) is 58.5 Å². The Hall–Kier alpha value is -5.97. The fourth-order valence-corrected chi connectivity index (χ4v) is 8.66. The number of nitrogens with two attached hydrogens (primary N) is 1. The molecule has 5 aromatic rings. The van der Waals surface area contributed by atoms with Gasteiger partial charge in [0.1, 0.15) is 18.1 Å². The van der Waals surface area contributed by atoms with Gasteiger partial charge in [0.15, 0.2) is 11.5 Å². The number of hydrogen-bond acceptors (Lipinski definition) is 8. The molecule has 1 unspecified atom stereocenters. The molecule has 0 aliphatic carbocycles. The zero-order valence-electron chi connectivity index (χ0n) is 39.3. The van der Waals surface area contributed by atoms with Gasteiger partial charge < -0.3 is 29.6 Å². The van der Waals surface area contributed by atoms with Crippen molar-refractivity contribution in [3.63, 3.8) is 0 Å². The van der Waals surface area contributed by atoms with Gasteiger partial charge in [0.05, 0.1) is 32.2 Å². The minimum atomic E-state index is -0.702. The summed E-state index contributed by atoms with van der Waals surface area (Å²) in [6.45, 7) is 19.6. The highest BCUT2D eigenvalue weighted by molar-refractivity contribution is 6.09. The second kappa shape index (κ2) is 20.7. The van der Waals surface area contributed by atoms with Crippen LogP contribution in [0.2, 0.25) is 0 Å². The van der Waals surface area contributed by atoms with Crippen molar-refractivity contribution >= 4 is 23.2 Å². The fraction of sp³-hybridized carbons (Fsp3) is 0.389. The van der Waals surface area contributed by atoms with Gasteiger partial charge in [-0.3, -0.25) is 19.5 Å². The van der Waals surface area contributed by atoms with E-state index in [0.717, 1.165) is 82.7 Å². The number of amides is 2. The van der Waals surface area contributed by atoms with Gasteiger partial charge in [0, 0.05) is 35.3 Å². The highest BCUT2D eigenvalue weighted by atomic mass is 16.5. The number of ether oxygens (including phenoxy) is 4. The second-order valence-electron chi connectivity index (χ2n) is 17.9. The third-order valence-electron chi connectivity index (χ3n) is 12.0. The number of carbonyl (C=O) groups is 2. The Kier molecular flexibility index (Phi) is 15.4. The number of hydrogen-bond donors (Lipinski definition) is 1. The number of carbonyl (C=O) groups excluding carboxylic acids is 2. The normalized spacial score (nSPS) is 13.2. The third-order valence-corrected chi connectivity index (χ3v) is 12.0. The SMILES string of the molecule is C=CN(C(=O)c1cc(OC)c(OCc2cc(CC(C)(C)COC(C)(N)CCC)cc(CCc3cc(C)c(C(=O)N4CCc5ccccc54)cc3OC)n2)cc1C)c1ccccc1CC. The smallest absolute Gasteiger partial charge is 0.262 e. The van der Waals surface area contributed by atoms with Gasteiger partial charge in [0.2, 0.25) is 0 Å². The van der Waals surface area contributed by atoms with Crippen LogP contribution in [-0.4, -0.2) is 49.9 Å². The maximum absolute atomic E-state index is 14.0. The van der Waals surface area contributed by atoms with Crippen LogP contribution in [0.4, 0.5) is 11.4 Å². The molecule has 10 heteroatoms. The standard InChI is InChI=1S/C54H66N4O6/c1-11-25-54(8,55)64-35-53(6,7)33-38-29-42(23-22-41-27-36(4)44(31-48(41)61-9)52(60)58-26-24-40-19-15-17-21-47(40)58)56-43(30-38)34-63-50-28-37(5)45(32-49(50)62-10)51(59)57(13-3)46-20-16-14-18-39(46)12-2/h13-21,27-32H,3,11-12,22-26,33-35,55H2,1-2,4-10H3. The number of pyridine rings is 1.